The quantitative estimate of drug-likeness (QED) is 0.836. The van der Waals surface area contributed by atoms with Crippen molar-refractivity contribution in [3.05, 3.63) is 47.0 Å². The Bertz CT molecular complexity index is 688. The maximum atomic E-state index is 9.28. The predicted molar refractivity (Wildman–Crippen MR) is 74.1 cm³/mol. The van der Waals surface area contributed by atoms with E-state index >= 15 is 0 Å². The first-order valence-corrected chi connectivity index (χ1v) is 6.99. The van der Waals surface area contributed by atoms with Crippen molar-refractivity contribution >= 4 is 5.88 Å². The lowest BCUT2D eigenvalue weighted by Gasteiger charge is -2.13. The molecule has 20 heavy (non-hydrogen) atoms. The molecule has 0 radical (unpaired) electrons. The van der Waals surface area contributed by atoms with Gasteiger partial charge < -0.3 is 9.32 Å². The minimum Gasteiger partial charge on any atom is -0.423 e. The van der Waals surface area contributed by atoms with Crippen LogP contribution >= 0.6 is 0 Å². The van der Waals surface area contributed by atoms with Crippen molar-refractivity contribution in [3.63, 3.8) is 0 Å². The molecule has 1 saturated carbocycles. The van der Waals surface area contributed by atoms with Gasteiger partial charge in [-0.2, -0.15) is 5.26 Å². The van der Waals surface area contributed by atoms with E-state index in [1.54, 1.807) is 0 Å². The van der Waals surface area contributed by atoms with Crippen molar-refractivity contribution in [1.82, 2.24) is 4.98 Å². The fourth-order valence-electron chi connectivity index (χ4n) is 2.92. The molecule has 1 aliphatic heterocycles. The number of fused-ring (bicyclic) bond motifs is 1. The van der Waals surface area contributed by atoms with Crippen molar-refractivity contribution in [1.29, 1.82) is 5.26 Å². The van der Waals surface area contributed by atoms with Crippen LogP contribution in [0.3, 0.4) is 0 Å². The molecule has 1 aliphatic carbocycles. The third kappa shape index (κ3) is 1.70. The minimum absolute atomic E-state index is 0.404. The van der Waals surface area contributed by atoms with Crippen molar-refractivity contribution in [2.45, 2.75) is 32.4 Å². The zero-order chi connectivity index (χ0) is 13.7. The highest BCUT2D eigenvalue weighted by molar-refractivity contribution is 5.52. The fourth-order valence-corrected chi connectivity index (χ4v) is 2.92. The van der Waals surface area contributed by atoms with Crippen molar-refractivity contribution in [2.24, 2.45) is 5.92 Å². The van der Waals surface area contributed by atoms with Gasteiger partial charge in [0.1, 0.15) is 6.07 Å². The third-order valence-corrected chi connectivity index (χ3v) is 4.29. The second-order valence-corrected chi connectivity index (χ2v) is 5.76. The Morgan fingerprint density at radius 1 is 1.30 bits per heavy atom. The smallest absolute Gasteiger partial charge is 0.235 e. The molecule has 0 bridgehead atoms. The molecule has 4 rings (SSSR count). The summed E-state index contributed by atoms with van der Waals surface area (Å²) < 4.78 is 5.91. The zero-order valence-corrected chi connectivity index (χ0v) is 11.3. The van der Waals surface area contributed by atoms with E-state index in [1.165, 1.54) is 11.1 Å². The van der Waals surface area contributed by atoms with Gasteiger partial charge in [0.15, 0.2) is 0 Å². The lowest BCUT2D eigenvalue weighted by Crippen LogP contribution is -2.14. The molecule has 1 aromatic carbocycles. The van der Waals surface area contributed by atoms with E-state index in [9.17, 15) is 5.26 Å². The van der Waals surface area contributed by atoms with E-state index in [1.807, 2.05) is 12.1 Å². The van der Waals surface area contributed by atoms with Crippen LogP contribution in [0.1, 0.15) is 42.0 Å². The fraction of sp³-hybridized carbons (Fsp3) is 0.375. The average Bonchev–Trinajstić information content (AvgIpc) is 2.94. The summed E-state index contributed by atoms with van der Waals surface area (Å²) in [6, 6.07) is 10.5. The van der Waals surface area contributed by atoms with Gasteiger partial charge in [-0.3, -0.25) is 0 Å². The van der Waals surface area contributed by atoms with E-state index < -0.39 is 0 Å². The summed E-state index contributed by atoms with van der Waals surface area (Å²) in [6.07, 6.45) is 1.12. The largest absolute Gasteiger partial charge is 0.423 e. The minimum atomic E-state index is 0.404. The molecule has 2 atom stereocenters. The van der Waals surface area contributed by atoms with Crippen LogP contribution in [0.5, 0.6) is 0 Å². The summed E-state index contributed by atoms with van der Waals surface area (Å²) in [6.45, 7) is 3.77. The van der Waals surface area contributed by atoms with Gasteiger partial charge in [0, 0.05) is 19.0 Å². The molecule has 2 heterocycles. The monoisotopic (exact) mass is 265 g/mol. The Morgan fingerprint density at radius 3 is 2.50 bits per heavy atom. The second kappa shape index (κ2) is 4.11. The third-order valence-electron chi connectivity index (χ3n) is 4.29. The van der Waals surface area contributed by atoms with Gasteiger partial charge in [0.2, 0.25) is 17.5 Å². The number of nitrogens with zero attached hydrogens (tertiary/aromatic N) is 3. The van der Waals surface area contributed by atoms with E-state index in [4.69, 9.17) is 4.42 Å². The summed E-state index contributed by atoms with van der Waals surface area (Å²) in [7, 11) is 0. The number of hydrogen-bond donors (Lipinski definition) is 0. The van der Waals surface area contributed by atoms with Crippen LogP contribution in [-0.2, 0) is 13.1 Å². The molecule has 1 fully saturated rings. The SMILES string of the molecule is CC1CC1c1nc(C#N)c(N2Cc3ccccc3C2)o1. The lowest BCUT2D eigenvalue weighted by atomic mass is 10.1. The number of benzene rings is 1. The van der Waals surface area contributed by atoms with Gasteiger partial charge in [-0.25, -0.2) is 4.98 Å². The van der Waals surface area contributed by atoms with Gasteiger partial charge in [-0.05, 0) is 23.5 Å². The molecule has 1 aromatic heterocycles. The van der Waals surface area contributed by atoms with Crippen LogP contribution in [0.2, 0.25) is 0 Å². The van der Waals surface area contributed by atoms with Crippen LogP contribution in [0.4, 0.5) is 5.88 Å². The van der Waals surface area contributed by atoms with Crippen molar-refractivity contribution in [2.75, 3.05) is 4.90 Å². The number of nitriles is 1. The highest BCUT2D eigenvalue weighted by Gasteiger charge is 2.39. The highest BCUT2D eigenvalue weighted by atomic mass is 16.4. The van der Waals surface area contributed by atoms with Gasteiger partial charge in [0.25, 0.3) is 0 Å². The van der Waals surface area contributed by atoms with Crippen LogP contribution in [0.15, 0.2) is 28.7 Å². The topological polar surface area (TPSA) is 53.1 Å². The molecule has 0 spiro atoms. The zero-order valence-electron chi connectivity index (χ0n) is 11.3. The molecule has 0 saturated heterocycles. The van der Waals surface area contributed by atoms with Crippen LogP contribution in [-0.4, -0.2) is 4.98 Å². The standard InChI is InChI=1S/C16H15N3O/c1-10-6-13(10)15-18-14(7-17)16(20-15)19-8-11-4-2-3-5-12(11)9-19/h2-5,10,13H,6,8-9H2,1H3. The summed E-state index contributed by atoms with van der Waals surface area (Å²) in [5.41, 5.74) is 3.02. The first-order chi connectivity index (χ1) is 9.76. The molecule has 4 heteroatoms. The summed E-state index contributed by atoms with van der Waals surface area (Å²) >= 11 is 0. The van der Waals surface area contributed by atoms with Crippen LogP contribution in [0.25, 0.3) is 0 Å². The summed E-state index contributed by atoms with van der Waals surface area (Å²) in [4.78, 5) is 6.48. The Balaban J connectivity index is 1.67. The Hall–Kier alpha value is -2.28. The number of aromatic nitrogens is 1. The molecule has 2 aromatic rings. The van der Waals surface area contributed by atoms with E-state index in [2.05, 4.69) is 35.0 Å². The predicted octanol–water partition coefficient (Wildman–Crippen LogP) is 3.19. The molecule has 0 amide bonds. The molecule has 100 valence electrons. The Morgan fingerprint density at radius 2 is 1.95 bits per heavy atom. The van der Waals surface area contributed by atoms with Gasteiger partial charge >= 0.3 is 0 Å². The first-order valence-electron chi connectivity index (χ1n) is 6.99. The van der Waals surface area contributed by atoms with Crippen LogP contribution < -0.4 is 4.90 Å². The molecule has 2 unspecified atom stereocenters. The number of hydrogen-bond acceptors (Lipinski definition) is 4. The van der Waals surface area contributed by atoms with Crippen molar-refractivity contribution in [3.8, 4) is 6.07 Å². The number of rotatable bonds is 2. The molecule has 2 aliphatic rings. The van der Waals surface area contributed by atoms with E-state index in [0.717, 1.165) is 25.4 Å². The molecule has 4 nitrogen and oxygen atoms in total. The first kappa shape index (κ1) is 11.5. The summed E-state index contributed by atoms with van der Waals surface area (Å²) in [5, 5.41) is 9.28. The van der Waals surface area contributed by atoms with E-state index in [0.29, 0.717) is 23.4 Å². The highest BCUT2D eigenvalue weighted by Crippen LogP contribution is 2.48. The maximum Gasteiger partial charge on any atom is 0.235 e. The van der Waals surface area contributed by atoms with Crippen molar-refractivity contribution < 1.29 is 4.42 Å². The average molecular weight is 265 g/mol. The normalized spacial score (nSPS) is 23.5. The number of oxazole rings is 1. The van der Waals surface area contributed by atoms with E-state index in [-0.39, 0.29) is 0 Å². The Kier molecular flexibility index (Phi) is 2.37. The molecule has 0 N–H and O–H groups in total. The maximum absolute atomic E-state index is 9.28. The lowest BCUT2D eigenvalue weighted by molar-refractivity contribution is 0.482. The van der Waals surface area contributed by atoms with Gasteiger partial charge in [0.05, 0.1) is 0 Å². The summed E-state index contributed by atoms with van der Waals surface area (Å²) in [5.74, 6) is 2.41. The Labute approximate surface area is 117 Å². The molecular weight excluding hydrogens is 250 g/mol. The van der Waals surface area contributed by atoms with Crippen LogP contribution in [0, 0.1) is 17.2 Å². The van der Waals surface area contributed by atoms with Gasteiger partial charge in [-0.1, -0.05) is 31.2 Å². The number of anilines is 1. The van der Waals surface area contributed by atoms with Gasteiger partial charge in [-0.15, -0.1) is 0 Å². The second-order valence-electron chi connectivity index (χ2n) is 5.76. The molecular formula is C16H15N3O.